The van der Waals surface area contributed by atoms with Crippen molar-refractivity contribution >= 4 is 0 Å². The Kier molecular flexibility index (Phi) is 8.72. The van der Waals surface area contributed by atoms with E-state index in [4.69, 9.17) is 0 Å². The highest BCUT2D eigenvalue weighted by atomic mass is 15.1. The quantitative estimate of drug-likeness (QED) is 0.682. The third kappa shape index (κ3) is 7.31. The van der Waals surface area contributed by atoms with Crippen LogP contribution in [0.2, 0.25) is 0 Å². The van der Waals surface area contributed by atoms with Gasteiger partial charge in [-0.2, -0.15) is 0 Å². The Morgan fingerprint density at radius 1 is 1.21 bits per heavy atom. The molecule has 1 rings (SSSR count). The van der Waals surface area contributed by atoms with Crippen LogP contribution in [0.25, 0.3) is 0 Å². The fraction of sp³-hybridized carbons (Fsp3) is 1.00. The van der Waals surface area contributed by atoms with Crippen molar-refractivity contribution in [3.8, 4) is 0 Å². The van der Waals surface area contributed by atoms with Crippen LogP contribution in [0.3, 0.4) is 0 Å². The molecule has 1 aliphatic carbocycles. The Hall–Kier alpha value is -0.0800. The minimum Gasteiger partial charge on any atom is -0.314 e. The van der Waals surface area contributed by atoms with Crippen molar-refractivity contribution in [1.29, 1.82) is 0 Å². The van der Waals surface area contributed by atoms with E-state index in [2.05, 4.69) is 37.9 Å². The zero-order chi connectivity index (χ0) is 14.1. The van der Waals surface area contributed by atoms with Crippen molar-refractivity contribution in [1.82, 2.24) is 10.2 Å². The monoisotopic (exact) mass is 268 g/mol. The normalized spacial score (nSPS) is 25.7. The molecule has 2 heteroatoms. The third-order valence-electron chi connectivity index (χ3n) is 4.81. The fourth-order valence-corrected chi connectivity index (χ4v) is 3.38. The first-order chi connectivity index (χ1) is 9.15. The molecule has 0 spiro atoms. The van der Waals surface area contributed by atoms with Gasteiger partial charge in [-0.3, -0.25) is 0 Å². The molecule has 0 aromatic heterocycles. The van der Waals surface area contributed by atoms with Crippen molar-refractivity contribution in [3.63, 3.8) is 0 Å². The molecule has 1 aliphatic rings. The highest BCUT2D eigenvalue weighted by molar-refractivity contribution is 4.74. The topological polar surface area (TPSA) is 15.3 Å². The van der Waals surface area contributed by atoms with Crippen LogP contribution in [0.5, 0.6) is 0 Å². The molecule has 1 saturated carbocycles. The summed E-state index contributed by atoms with van der Waals surface area (Å²) in [5.74, 6) is 1.90. The van der Waals surface area contributed by atoms with E-state index in [0.717, 1.165) is 11.8 Å². The summed E-state index contributed by atoms with van der Waals surface area (Å²) in [5.41, 5.74) is 0. The smallest absolute Gasteiger partial charge is 0.00393 e. The highest BCUT2D eigenvalue weighted by Crippen LogP contribution is 2.28. The molecule has 0 heterocycles. The molecule has 2 nitrogen and oxygen atoms in total. The van der Waals surface area contributed by atoms with E-state index < -0.39 is 0 Å². The Labute approximate surface area is 121 Å². The molecule has 3 unspecified atom stereocenters. The fourth-order valence-electron chi connectivity index (χ4n) is 3.38. The van der Waals surface area contributed by atoms with Crippen LogP contribution in [0, 0.1) is 11.8 Å². The molecule has 0 aromatic carbocycles. The summed E-state index contributed by atoms with van der Waals surface area (Å²) in [4.78, 5) is 2.52. The van der Waals surface area contributed by atoms with E-state index in [-0.39, 0.29) is 0 Å². The van der Waals surface area contributed by atoms with Crippen LogP contribution < -0.4 is 5.32 Å². The van der Waals surface area contributed by atoms with Crippen LogP contribution >= 0.6 is 0 Å². The van der Waals surface area contributed by atoms with Crippen molar-refractivity contribution in [2.75, 3.05) is 26.2 Å². The Balaban J connectivity index is 2.05. The van der Waals surface area contributed by atoms with Crippen molar-refractivity contribution in [2.45, 2.75) is 72.3 Å². The molecule has 0 amide bonds. The first kappa shape index (κ1) is 17.0. The molecule has 1 N–H and O–H groups in total. The standard InChI is InChI=1S/C17H36N2/c1-5-19(6-2)12-8-10-16(4)18-14-17-11-7-9-15(3)13-17/h15-18H,5-14H2,1-4H3. The number of nitrogens with zero attached hydrogens (tertiary/aromatic N) is 1. The molecular formula is C17H36N2. The van der Waals surface area contributed by atoms with Gasteiger partial charge in [0.2, 0.25) is 0 Å². The van der Waals surface area contributed by atoms with Crippen LogP contribution in [0.15, 0.2) is 0 Å². The maximum Gasteiger partial charge on any atom is 0.00393 e. The van der Waals surface area contributed by atoms with Gasteiger partial charge in [0.1, 0.15) is 0 Å². The molecule has 0 saturated heterocycles. The summed E-state index contributed by atoms with van der Waals surface area (Å²) in [5, 5.41) is 3.76. The van der Waals surface area contributed by atoms with Gasteiger partial charge in [0.15, 0.2) is 0 Å². The predicted octanol–water partition coefficient (Wildman–Crippen LogP) is 3.91. The molecule has 0 bridgehead atoms. The zero-order valence-corrected chi connectivity index (χ0v) is 13.8. The summed E-state index contributed by atoms with van der Waals surface area (Å²) in [6, 6.07) is 0.688. The lowest BCUT2D eigenvalue weighted by Gasteiger charge is -2.28. The van der Waals surface area contributed by atoms with Crippen LogP contribution in [0.4, 0.5) is 0 Å². The highest BCUT2D eigenvalue weighted by Gasteiger charge is 2.18. The minimum absolute atomic E-state index is 0.688. The second-order valence-corrected chi connectivity index (χ2v) is 6.62. The minimum atomic E-state index is 0.688. The largest absolute Gasteiger partial charge is 0.314 e. The molecule has 19 heavy (non-hydrogen) atoms. The van der Waals surface area contributed by atoms with Gasteiger partial charge < -0.3 is 10.2 Å². The molecule has 1 fully saturated rings. The Morgan fingerprint density at radius 3 is 2.58 bits per heavy atom. The van der Waals surface area contributed by atoms with Gasteiger partial charge in [0, 0.05) is 6.04 Å². The molecule has 0 radical (unpaired) electrons. The van der Waals surface area contributed by atoms with E-state index in [9.17, 15) is 0 Å². The second kappa shape index (κ2) is 9.77. The first-order valence-corrected chi connectivity index (χ1v) is 8.61. The zero-order valence-electron chi connectivity index (χ0n) is 13.8. The molecule has 3 atom stereocenters. The number of nitrogens with one attached hydrogen (secondary N) is 1. The lowest BCUT2D eigenvalue weighted by molar-refractivity contribution is 0.260. The maximum atomic E-state index is 3.76. The summed E-state index contributed by atoms with van der Waals surface area (Å²) in [6.45, 7) is 14.2. The van der Waals surface area contributed by atoms with Crippen LogP contribution in [0.1, 0.15) is 66.2 Å². The van der Waals surface area contributed by atoms with Gasteiger partial charge in [-0.05, 0) is 70.6 Å². The lowest BCUT2D eigenvalue weighted by atomic mass is 9.82. The van der Waals surface area contributed by atoms with Gasteiger partial charge in [0.05, 0.1) is 0 Å². The van der Waals surface area contributed by atoms with E-state index in [1.54, 1.807) is 0 Å². The van der Waals surface area contributed by atoms with Gasteiger partial charge in [0.25, 0.3) is 0 Å². The van der Waals surface area contributed by atoms with Gasteiger partial charge in [-0.25, -0.2) is 0 Å². The number of hydrogen-bond acceptors (Lipinski definition) is 2. The maximum absolute atomic E-state index is 3.76. The van der Waals surface area contributed by atoms with E-state index in [1.807, 2.05) is 0 Å². The molecule has 0 aromatic rings. The summed E-state index contributed by atoms with van der Waals surface area (Å²) in [7, 11) is 0. The van der Waals surface area contributed by atoms with E-state index in [1.165, 1.54) is 64.7 Å². The average molecular weight is 268 g/mol. The second-order valence-electron chi connectivity index (χ2n) is 6.62. The van der Waals surface area contributed by atoms with Crippen LogP contribution in [-0.4, -0.2) is 37.1 Å². The van der Waals surface area contributed by atoms with Gasteiger partial charge >= 0.3 is 0 Å². The number of rotatable bonds is 9. The molecule has 0 aliphatic heterocycles. The molecule has 114 valence electrons. The van der Waals surface area contributed by atoms with Crippen LogP contribution in [-0.2, 0) is 0 Å². The van der Waals surface area contributed by atoms with Gasteiger partial charge in [-0.15, -0.1) is 0 Å². The van der Waals surface area contributed by atoms with Gasteiger partial charge in [-0.1, -0.05) is 33.6 Å². The third-order valence-corrected chi connectivity index (χ3v) is 4.81. The number of hydrogen-bond donors (Lipinski definition) is 1. The SMILES string of the molecule is CCN(CC)CCCC(C)NCC1CCCC(C)C1. The first-order valence-electron chi connectivity index (χ1n) is 8.61. The summed E-state index contributed by atoms with van der Waals surface area (Å²) < 4.78 is 0. The van der Waals surface area contributed by atoms with E-state index >= 15 is 0 Å². The van der Waals surface area contributed by atoms with E-state index in [0.29, 0.717) is 6.04 Å². The molecular weight excluding hydrogens is 232 g/mol. The Morgan fingerprint density at radius 2 is 1.95 bits per heavy atom. The summed E-state index contributed by atoms with van der Waals surface area (Å²) in [6.07, 6.45) is 8.44. The van der Waals surface area contributed by atoms with Crippen molar-refractivity contribution < 1.29 is 0 Å². The Bertz CT molecular complexity index is 213. The van der Waals surface area contributed by atoms with Crippen molar-refractivity contribution in [2.24, 2.45) is 11.8 Å². The predicted molar refractivity (Wildman–Crippen MR) is 85.6 cm³/mol. The average Bonchev–Trinajstić information content (AvgIpc) is 2.41. The lowest BCUT2D eigenvalue weighted by Crippen LogP contribution is -2.34. The van der Waals surface area contributed by atoms with Crippen molar-refractivity contribution in [3.05, 3.63) is 0 Å². The summed E-state index contributed by atoms with van der Waals surface area (Å²) >= 11 is 0.